The van der Waals surface area contributed by atoms with Gasteiger partial charge in [0.15, 0.2) is 0 Å². The van der Waals surface area contributed by atoms with Crippen molar-refractivity contribution in [2.45, 2.75) is 51.4 Å². The Balaban J connectivity index is 1.32. The first kappa shape index (κ1) is 16.3. The zero-order valence-electron chi connectivity index (χ0n) is 15.4. The van der Waals surface area contributed by atoms with Crippen molar-refractivity contribution in [1.82, 2.24) is 5.32 Å². The topological polar surface area (TPSA) is 49.4 Å². The van der Waals surface area contributed by atoms with Crippen molar-refractivity contribution < 1.29 is 9.59 Å². The van der Waals surface area contributed by atoms with Gasteiger partial charge in [-0.25, -0.2) is 0 Å². The molecule has 1 heterocycles. The van der Waals surface area contributed by atoms with Crippen molar-refractivity contribution >= 4 is 17.5 Å². The molecule has 4 heteroatoms. The summed E-state index contributed by atoms with van der Waals surface area (Å²) in [6.45, 7) is 1.52. The van der Waals surface area contributed by atoms with Crippen LogP contribution in [0.4, 0.5) is 5.69 Å². The van der Waals surface area contributed by atoms with E-state index in [0.717, 1.165) is 43.0 Å². The first-order chi connectivity index (χ1) is 12.6. The van der Waals surface area contributed by atoms with E-state index in [2.05, 4.69) is 5.32 Å². The summed E-state index contributed by atoms with van der Waals surface area (Å²) in [6.07, 6.45) is 9.63. The Morgan fingerprint density at radius 2 is 1.73 bits per heavy atom. The third kappa shape index (κ3) is 2.74. The molecule has 4 saturated carbocycles. The monoisotopic (exact) mass is 352 g/mol. The van der Waals surface area contributed by atoms with E-state index in [1.807, 2.05) is 24.3 Å². The Morgan fingerprint density at radius 3 is 2.35 bits per heavy atom. The van der Waals surface area contributed by atoms with Gasteiger partial charge in [-0.3, -0.25) is 9.59 Å². The van der Waals surface area contributed by atoms with Crippen molar-refractivity contribution in [3.05, 3.63) is 29.8 Å². The highest BCUT2D eigenvalue weighted by Gasteiger charge is 2.50. The number of para-hydroxylation sites is 1. The third-order valence-electron chi connectivity index (χ3n) is 7.30. The highest BCUT2D eigenvalue weighted by molar-refractivity contribution is 6.05. The van der Waals surface area contributed by atoms with Crippen LogP contribution < -0.4 is 10.2 Å². The van der Waals surface area contributed by atoms with Crippen LogP contribution in [0.1, 0.15) is 61.7 Å². The summed E-state index contributed by atoms with van der Waals surface area (Å²) in [4.78, 5) is 26.9. The number of rotatable bonds is 4. The summed E-state index contributed by atoms with van der Waals surface area (Å²) >= 11 is 0. The highest BCUT2D eigenvalue weighted by Crippen LogP contribution is 2.59. The van der Waals surface area contributed by atoms with Crippen LogP contribution in [0.5, 0.6) is 0 Å². The average molecular weight is 352 g/mol. The third-order valence-corrected chi connectivity index (χ3v) is 7.30. The van der Waals surface area contributed by atoms with Crippen LogP contribution in [0, 0.1) is 23.2 Å². The van der Waals surface area contributed by atoms with E-state index < -0.39 is 0 Å². The maximum Gasteiger partial charge on any atom is 0.253 e. The van der Waals surface area contributed by atoms with Gasteiger partial charge >= 0.3 is 0 Å². The second-order valence-corrected chi connectivity index (χ2v) is 9.27. The number of anilines is 1. The second-order valence-electron chi connectivity index (χ2n) is 9.27. The van der Waals surface area contributed by atoms with Gasteiger partial charge in [-0.1, -0.05) is 12.1 Å². The van der Waals surface area contributed by atoms with Gasteiger partial charge in [0.25, 0.3) is 5.91 Å². The number of nitrogens with one attached hydrogen (secondary N) is 1. The molecule has 4 aliphatic carbocycles. The molecular weight excluding hydrogens is 324 g/mol. The van der Waals surface area contributed by atoms with Crippen LogP contribution in [0.25, 0.3) is 0 Å². The van der Waals surface area contributed by atoms with Gasteiger partial charge in [-0.05, 0) is 80.2 Å². The van der Waals surface area contributed by atoms with E-state index in [1.165, 1.54) is 38.5 Å². The van der Waals surface area contributed by atoms with Crippen LogP contribution in [-0.4, -0.2) is 24.9 Å². The van der Waals surface area contributed by atoms with Crippen LogP contribution in [0.3, 0.4) is 0 Å². The minimum Gasteiger partial charge on any atom is -0.351 e. The molecule has 26 heavy (non-hydrogen) atoms. The van der Waals surface area contributed by atoms with Crippen molar-refractivity contribution in [3.63, 3.8) is 0 Å². The normalized spacial score (nSPS) is 35.2. The number of carbonyl (C=O) groups excluding carboxylic acids is 2. The average Bonchev–Trinajstić information content (AvgIpc) is 3.04. The van der Waals surface area contributed by atoms with Crippen LogP contribution in [0.15, 0.2) is 24.3 Å². The van der Waals surface area contributed by atoms with Crippen LogP contribution >= 0.6 is 0 Å². The Labute approximate surface area is 155 Å². The van der Waals surface area contributed by atoms with E-state index in [0.29, 0.717) is 17.4 Å². The zero-order valence-corrected chi connectivity index (χ0v) is 15.4. The van der Waals surface area contributed by atoms with Crippen molar-refractivity contribution in [2.24, 2.45) is 23.2 Å². The molecule has 1 aromatic carbocycles. The highest BCUT2D eigenvalue weighted by atomic mass is 16.2. The van der Waals surface area contributed by atoms with Gasteiger partial charge < -0.3 is 10.2 Å². The Hall–Kier alpha value is -1.84. The lowest BCUT2D eigenvalue weighted by Gasteiger charge is -2.56. The summed E-state index contributed by atoms with van der Waals surface area (Å²) in [7, 11) is 0. The van der Waals surface area contributed by atoms with Crippen LogP contribution in [0.2, 0.25) is 0 Å². The number of amides is 2. The van der Waals surface area contributed by atoms with Gasteiger partial charge in [0.05, 0.1) is 11.3 Å². The molecule has 5 fully saturated rings. The molecule has 0 radical (unpaired) electrons. The number of hydrogen-bond donors (Lipinski definition) is 1. The smallest absolute Gasteiger partial charge is 0.253 e. The number of nitrogens with zero attached hydrogens (tertiary/aromatic N) is 1. The zero-order chi connectivity index (χ0) is 17.7. The first-order valence-electron chi connectivity index (χ1n) is 10.3. The molecule has 5 aliphatic rings. The summed E-state index contributed by atoms with van der Waals surface area (Å²) < 4.78 is 0. The molecular formula is C22H28N2O2. The maximum atomic E-state index is 13.0. The van der Waals surface area contributed by atoms with E-state index in [4.69, 9.17) is 0 Å². The number of hydrogen-bond acceptors (Lipinski definition) is 2. The van der Waals surface area contributed by atoms with Gasteiger partial charge in [-0.15, -0.1) is 0 Å². The molecule has 1 aromatic rings. The Kier molecular flexibility index (Phi) is 3.84. The summed E-state index contributed by atoms with van der Waals surface area (Å²) in [5, 5.41) is 3.26. The number of carbonyl (C=O) groups is 2. The maximum absolute atomic E-state index is 13.0. The second kappa shape index (κ2) is 6.11. The first-order valence-corrected chi connectivity index (χ1v) is 10.3. The molecule has 0 aromatic heterocycles. The SMILES string of the molecule is O=C(NCC12CC3CC(CC(C3)C1)C2)c1ccccc1N1CCCC1=O. The van der Waals surface area contributed by atoms with Gasteiger partial charge in [0.1, 0.15) is 0 Å². The van der Waals surface area contributed by atoms with Gasteiger partial charge in [0, 0.05) is 19.5 Å². The minimum atomic E-state index is -0.0176. The molecule has 1 aliphatic heterocycles. The molecule has 4 bridgehead atoms. The van der Waals surface area contributed by atoms with Crippen LogP contribution in [-0.2, 0) is 4.79 Å². The quantitative estimate of drug-likeness (QED) is 0.897. The molecule has 2 amide bonds. The fourth-order valence-electron chi connectivity index (χ4n) is 6.67. The van der Waals surface area contributed by atoms with Gasteiger partial charge in [0.2, 0.25) is 5.91 Å². The Morgan fingerprint density at radius 1 is 1.08 bits per heavy atom. The standard InChI is InChI=1S/C22H28N2O2/c25-20-6-3-7-24(20)19-5-2-1-4-18(19)21(26)23-14-22-11-15-8-16(12-22)10-17(9-15)13-22/h1-2,4-5,15-17H,3,6-14H2,(H,23,26). The fourth-order valence-corrected chi connectivity index (χ4v) is 6.67. The van der Waals surface area contributed by atoms with Crippen molar-refractivity contribution in [1.29, 1.82) is 0 Å². The molecule has 0 spiro atoms. The lowest BCUT2D eigenvalue weighted by molar-refractivity contribution is -0.117. The molecule has 0 atom stereocenters. The predicted octanol–water partition coefficient (Wildman–Crippen LogP) is 3.76. The minimum absolute atomic E-state index is 0.0176. The molecule has 0 unspecified atom stereocenters. The van der Waals surface area contributed by atoms with E-state index in [-0.39, 0.29) is 11.8 Å². The summed E-state index contributed by atoms with van der Waals surface area (Å²) in [5.41, 5.74) is 1.76. The fraction of sp³-hybridized carbons (Fsp3) is 0.636. The molecule has 1 saturated heterocycles. The van der Waals surface area contributed by atoms with Crippen molar-refractivity contribution in [3.8, 4) is 0 Å². The lowest BCUT2D eigenvalue weighted by Crippen LogP contribution is -2.51. The largest absolute Gasteiger partial charge is 0.351 e. The predicted molar refractivity (Wildman–Crippen MR) is 101 cm³/mol. The molecule has 4 nitrogen and oxygen atoms in total. The summed E-state index contributed by atoms with van der Waals surface area (Å²) in [6, 6.07) is 7.57. The van der Waals surface area contributed by atoms with Gasteiger partial charge in [-0.2, -0.15) is 0 Å². The molecule has 138 valence electrons. The Bertz CT molecular complexity index is 706. The molecule has 6 rings (SSSR count). The van der Waals surface area contributed by atoms with E-state index in [9.17, 15) is 9.59 Å². The van der Waals surface area contributed by atoms with E-state index in [1.54, 1.807) is 4.90 Å². The van der Waals surface area contributed by atoms with E-state index >= 15 is 0 Å². The molecule has 1 N–H and O–H groups in total. The lowest BCUT2D eigenvalue weighted by atomic mass is 9.49. The number of benzene rings is 1. The summed E-state index contributed by atoms with van der Waals surface area (Å²) in [5.74, 6) is 2.80. The van der Waals surface area contributed by atoms with Crippen molar-refractivity contribution in [2.75, 3.05) is 18.0 Å².